The van der Waals surface area contributed by atoms with E-state index in [9.17, 15) is 0 Å². The van der Waals surface area contributed by atoms with Crippen molar-refractivity contribution in [2.45, 2.75) is 18.3 Å². The molecule has 0 heterocycles. The molecule has 0 atom stereocenters. The third kappa shape index (κ3) is 57.4. The Balaban J connectivity index is -0.0000000865. The van der Waals surface area contributed by atoms with Gasteiger partial charge in [0, 0.05) is 0 Å². The van der Waals surface area contributed by atoms with Crippen molar-refractivity contribution in [1.29, 1.82) is 0 Å². The maximum Gasteiger partial charge on any atom is 0.342 e. The molecule has 0 unspecified atom stereocenters. The molecule has 0 aliphatic rings. The molecule has 0 rings (SSSR count). The lowest BCUT2D eigenvalue weighted by molar-refractivity contribution is -0.329. The average Bonchev–Trinajstić information content (AvgIpc) is 2.16. The normalized spacial score (nSPS) is 11.4. The Morgan fingerprint density at radius 3 is 0.526 bits per heavy atom. The lowest BCUT2D eigenvalue weighted by atomic mass is 10.9. The summed E-state index contributed by atoms with van der Waals surface area (Å²) in [6.45, 7) is 0. The number of halogens is 1. The molecule has 0 radical (unpaired) electrons. The van der Waals surface area contributed by atoms with E-state index in [2.05, 4.69) is 0 Å². The van der Waals surface area contributed by atoms with Crippen molar-refractivity contribution < 1.29 is 46.0 Å². The van der Waals surface area contributed by atoms with Crippen LogP contribution < -0.4 is 16.0 Å². The third-order valence-electron chi connectivity index (χ3n) is 1.01. The Labute approximate surface area is 115 Å². The SMILES string of the molecule is CNC(O)(O)O.CNC(O)(O)O.CNC(O)(O)O.Cl. The molecule has 0 aliphatic carbocycles. The van der Waals surface area contributed by atoms with Gasteiger partial charge in [0.05, 0.1) is 0 Å². The van der Waals surface area contributed by atoms with Gasteiger partial charge in [0.2, 0.25) is 0 Å². The van der Waals surface area contributed by atoms with E-state index in [-0.39, 0.29) is 12.4 Å². The molecular formula is C6H22ClN3O9. The van der Waals surface area contributed by atoms with Gasteiger partial charge in [0.15, 0.2) is 0 Å². The highest BCUT2D eigenvalue weighted by Crippen LogP contribution is 1.78. The van der Waals surface area contributed by atoms with Gasteiger partial charge in [-0.1, -0.05) is 0 Å². The van der Waals surface area contributed by atoms with Crippen LogP contribution in [0.1, 0.15) is 0 Å². The second kappa shape index (κ2) is 11.6. The van der Waals surface area contributed by atoms with Crippen molar-refractivity contribution in [2.75, 3.05) is 21.1 Å². The fourth-order valence-corrected chi connectivity index (χ4v) is 0. The topological polar surface area (TPSA) is 218 Å². The van der Waals surface area contributed by atoms with Crippen LogP contribution >= 0.6 is 12.4 Å². The van der Waals surface area contributed by atoms with Crippen molar-refractivity contribution >= 4 is 12.4 Å². The van der Waals surface area contributed by atoms with Crippen LogP contribution in [0.15, 0.2) is 0 Å². The van der Waals surface area contributed by atoms with Crippen molar-refractivity contribution in [1.82, 2.24) is 16.0 Å². The highest BCUT2D eigenvalue weighted by Gasteiger charge is 2.12. The van der Waals surface area contributed by atoms with Gasteiger partial charge in [-0.05, 0) is 21.1 Å². The maximum absolute atomic E-state index is 7.83. The second-order valence-corrected chi connectivity index (χ2v) is 2.66. The molecule has 19 heavy (non-hydrogen) atoms. The fourth-order valence-electron chi connectivity index (χ4n) is 0. The second-order valence-electron chi connectivity index (χ2n) is 2.66. The first-order valence-corrected chi connectivity index (χ1v) is 4.26. The Morgan fingerprint density at radius 1 is 0.474 bits per heavy atom. The number of hydrogen-bond donors (Lipinski definition) is 12. The van der Waals surface area contributed by atoms with E-state index in [1.165, 1.54) is 21.1 Å². The molecule has 13 heteroatoms. The summed E-state index contributed by atoms with van der Waals surface area (Å²) < 4.78 is 0. The van der Waals surface area contributed by atoms with Crippen molar-refractivity contribution in [3.63, 3.8) is 0 Å². The molecule has 0 amide bonds. The zero-order valence-corrected chi connectivity index (χ0v) is 11.2. The molecule has 0 fully saturated rings. The maximum atomic E-state index is 7.83. The van der Waals surface area contributed by atoms with Crippen LogP contribution in [0.3, 0.4) is 0 Å². The first-order valence-electron chi connectivity index (χ1n) is 4.26. The summed E-state index contributed by atoms with van der Waals surface area (Å²) in [7, 11) is 3.62. The Kier molecular flexibility index (Phi) is 16.6. The molecule has 0 spiro atoms. The van der Waals surface area contributed by atoms with E-state index in [1.54, 1.807) is 16.0 Å². The fraction of sp³-hybridized carbons (Fsp3) is 1.00. The minimum Gasteiger partial charge on any atom is -0.330 e. The molecule has 0 bridgehead atoms. The van der Waals surface area contributed by atoms with Crippen LogP contribution in [0.5, 0.6) is 0 Å². The summed E-state index contributed by atoms with van der Waals surface area (Å²) in [5, 5.41) is 75.8. The van der Waals surface area contributed by atoms with Crippen LogP contribution in [0.4, 0.5) is 0 Å². The van der Waals surface area contributed by atoms with Gasteiger partial charge in [-0.15, -0.1) is 12.4 Å². The number of hydrogen-bond acceptors (Lipinski definition) is 12. The molecule has 12 nitrogen and oxygen atoms in total. The molecule has 122 valence electrons. The molecule has 12 N–H and O–H groups in total. The zero-order chi connectivity index (χ0) is 15.6. The minimum atomic E-state index is -2.71. The smallest absolute Gasteiger partial charge is 0.330 e. The van der Waals surface area contributed by atoms with Gasteiger partial charge in [-0.3, -0.25) is 0 Å². The molecule has 0 aromatic heterocycles. The first kappa shape index (κ1) is 27.2. The van der Waals surface area contributed by atoms with Crippen LogP contribution in [-0.2, 0) is 0 Å². The Morgan fingerprint density at radius 2 is 0.526 bits per heavy atom. The van der Waals surface area contributed by atoms with Crippen LogP contribution in [0.25, 0.3) is 0 Å². The monoisotopic (exact) mass is 315 g/mol. The van der Waals surface area contributed by atoms with E-state index in [4.69, 9.17) is 46.0 Å². The van der Waals surface area contributed by atoms with Gasteiger partial charge in [0.25, 0.3) is 0 Å². The lowest BCUT2D eigenvalue weighted by Crippen LogP contribution is -2.41. The van der Waals surface area contributed by atoms with Gasteiger partial charge in [-0.25, -0.2) is 16.0 Å². The number of rotatable bonds is 3. The summed E-state index contributed by atoms with van der Waals surface area (Å²) >= 11 is 0. The van der Waals surface area contributed by atoms with Gasteiger partial charge < -0.3 is 46.0 Å². The van der Waals surface area contributed by atoms with E-state index >= 15 is 0 Å². The van der Waals surface area contributed by atoms with E-state index < -0.39 is 18.3 Å². The summed E-state index contributed by atoms with van der Waals surface area (Å²) in [6.07, 6.45) is -8.12. The van der Waals surface area contributed by atoms with E-state index in [1.807, 2.05) is 0 Å². The molecule has 0 aromatic carbocycles. The highest BCUT2D eigenvalue weighted by atomic mass is 35.5. The van der Waals surface area contributed by atoms with Crippen LogP contribution in [-0.4, -0.2) is 85.4 Å². The largest absolute Gasteiger partial charge is 0.342 e. The number of nitrogens with one attached hydrogen (secondary N) is 3. The summed E-state index contributed by atoms with van der Waals surface area (Å²) in [5.41, 5.74) is 0. The molecule has 0 saturated heterocycles. The van der Waals surface area contributed by atoms with Crippen LogP contribution in [0, 0.1) is 0 Å². The minimum absolute atomic E-state index is 0. The van der Waals surface area contributed by atoms with Crippen molar-refractivity contribution in [3.05, 3.63) is 0 Å². The molecule has 0 saturated carbocycles. The van der Waals surface area contributed by atoms with E-state index in [0.29, 0.717) is 0 Å². The number of aliphatic hydroxyl groups is 9. The summed E-state index contributed by atoms with van der Waals surface area (Å²) in [5.74, 6) is 0. The van der Waals surface area contributed by atoms with Gasteiger partial charge >= 0.3 is 18.3 Å². The van der Waals surface area contributed by atoms with Crippen LogP contribution in [0.2, 0.25) is 0 Å². The molecule has 0 aromatic rings. The lowest BCUT2D eigenvalue weighted by Gasteiger charge is -2.09. The summed E-state index contributed by atoms with van der Waals surface area (Å²) in [4.78, 5) is 0. The quantitative estimate of drug-likeness (QED) is 0.219. The average molecular weight is 316 g/mol. The zero-order valence-electron chi connectivity index (χ0n) is 10.4. The predicted octanol–water partition coefficient (Wildman–Crippen LogP) is -6.20. The van der Waals surface area contributed by atoms with E-state index in [0.717, 1.165) is 0 Å². The highest BCUT2D eigenvalue weighted by molar-refractivity contribution is 5.85. The van der Waals surface area contributed by atoms with Crippen molar-refractivity contribution in [3.8, 4) is 0 Å². The predicted molar refractivity (Wildman–Crippen MR) is 62.6 cm³/mol. The standard InChI is InChI=1S/3C2H7NO3.ClH/c3*1-3-2(4,5)6;/h3*3-6H,1H3;1H. The summed E-state index contributed by atoms with van der Waals surface area (Å²) in [6, 6.07) is 0. The van der Waals surface area contributed by atoms with Gasteiger partial charge in [-0.2, -0.15) is 0 Å². The molecular weight excluding hydrogens is 294 g/mol. The van der Waals surface area contributed by atoms with Crippen molar-refractivity contribution in [2.24, 2.45) is 0 Å². The first-order chi connectivity index (χ1) is 7.68. The Hall–Kier alpha value is -0.190. The third-order valence-corrected chi connectivity index (χ3v) is 1.01. The molecule has 0 aliphatic heterocycles. The van der Waals surface area contributed by atoms with Gasteiger partial charge in [0.1, 0.15) is 0 Å². The Bertz CT molecular complexity index is 155.